The van der Waals surface area contributed by atoms with Gasteiger partial charge in [0.05, 0.1) is 5.41 Å². The molecule has 116 valence electrons. The van der Waals surface area contributed by atoms with E-state index in [0.29, 0.717) is 12.5 Å². The van der Waals surface area contributed by atoms with E-state index in [-0.39, 0.29) is 11.3 Å². The number of hydrogen-bond donors (Lipinski definition) is 2. The van der Waals surface area contributed by atoms with Crippen molar-refractivity contribution in [1.29, 1.82) is 0 Å². The summed E-state index contributed by atoms with van der Waals surface area (Å²) >= 11 is 0. The van der Waals surface area contributed by atoms with Crippen LogP contribution >= 0.6 is 0 Å². The highest BCUT2D eigenvalue weighted by atomic mass is 16.2. The van der Waals surface area contributed by atoms with Crippen LogP contribution in [0, 0.1) is 5.41 Å². The average molecular weight is 288 g/mol. The number of benzene rings is 1. The summed E-state index contributed by atoms with van der Waals surface area (Å²) in [5, 5.41) is 3.07. The van der Waals surface area contributed by atoms with Crippen molar-refractivity contribution in [1.82, 2.24) is 0 Å². The van der Waals surface area contributed by atoms with Gasteiger partial charge in [-0.1, -0.05) is 45.2 Å². The maximum absolute atomic E-state index is 12.6. The number of rotatable bonds is 5. The lowest BCUT2D eigenvalue weighted by Gasteiger charge is -2.34. The van der Waals surface area contributed by atoms with Crippen LogP contribution < -0.4 is 11.1 Å². The van der Waals surface area contributed by atoms with Crippen molar-refractivity contribution in [2.24, 2.45) is 11.1 Å². The molecule has 0 aliphatic heterocycles. The average Bonchev–Trinajstić information content (AvgIpc) is 2.55. The Labute approximate surface area is 128 Å². The number of hydrogen-bond acceptors (Lipinski definition) is 2. The number of nitrogens with one attached hydrogen (secondary N) is 1. The summed E-state index contributed by atoms with van der Waals surface area (Å²) in [5.74, 6) is 0.657. The quantitative estimate of drug-likeness (QED) is 0.859. The smallest absolute Gasteiger partial charge is 0.231 e. The van der Waals surface area contributed by atoms with E-state index in [0.717, 1.165) is 37.8 Å². The van der Waals surface area contributed by atoms with E-state index >= 15 is 0 Å². The Morgan fingerprint density at radius 1 is 1.24 bits per heavy atom. The second-order valence-corrected chi connectivity index (χ2v) is 6.43. The molecule has 1 aliphatic carbocycles. The third-order valence-corrected chi connectivity index (χ3v) is 5.03. The molecule has 0 bridgehead atoms. The summed E-state index contributed by atoms with van der Waals surface area (Å²) < 4.78 is 0. The van der Waals surface area contributed by atoms with E-state index < -0.39 is 0 Å². The van der Waals surface area contributed by atoms with Crippen LogP contribution in [0.3, 0.4) is 0 Å². The van der Waals surface area contributed by atoms with Gasteiger partial charge in [0.1, 0.15) is 0 Å². The zero-order chi connectivity index (χ0) is 15.3. The molecule has 0 heterocycles. The normalized spacial score (nSPS) is 19.0. The molecule has 2 rings (SSSR count). The van der Waals surface area contributed by atoms with Gasteiger partial charge in [-0.15, -0.1) is 0 Å². The fraction of sp³-hybridized carbons (Fsp3) is 0.611. The van der Waals surface area contributed by atoms with Crippen LogP contribution in [0.2, 0.25) is 0 Å². The molecule has 0 spiro atoms. The molecule has 1 aromatic rings. The lowest BCUT2D eigenvalue weighted by Crippen LogP contribution is -2.43. The number of anilines is 1. The number of nitrogens with two attached hydrogens (primary N) is 1. The molecule has 21 heavy (non-hydrogen) atoms. The predicted molar refractivity (Wildman–Crippen MR) is 88.4 cm³/mol. The van der Waals surface area contributed by atoms with Crippen LogP contribution in [0.5, 0.6) is 0 Å². The van der Waals surface area contributed by atoms with Crippen molar-refractivity contribution in [3.05, 3.63) is 29.8 Å². The minimum absolute atomic E-state index is 0.0981. The first kappa shape index (κ1) is 16.0. The summed E-state index contributed by atoms with van der Waals surface area (Å²) in [5.41, 5.74) is 7.76. The Morgan fingerprint density at radius 3 is 2.38 bits per heavy atom. The van der Waals surface area contributed by atoms with Crippen molar-refractivity contribution >= 4 is 11.6 Å². The molecule has 0 aromatic heterocycles. The summed E-state index contributed by atoms with van der Waals surface area (Å²) in [7, 11) is 0. The first-order valence-electron chi connectivity index (χ1n) is 8.23. The van der Waals surface area contributed by atoms with Gasteiger partial charge in [0, 0.05) is 12.2 Å². The molecule has 0 saturated heterocycles. The van der Waals surface area contributed by atoms with Crippen molar-refractivity contribution in [3.8, 4) is 0 Å². The van der Waals surface area contributed by atoms with Crippen molar-refractivity contribution in [2.45, 2.75) is 58.3 Å². The topological polar surface area (TPSA) is 55.1 Å². The van der Waals surface area contributed by atoms with Crippen LogP contribution in [0.1, 0.15) is 63.9 Å². The third-order valence-electron chi connectivity index (χ3n) is 5.03. The fourth-order valence-electron chi connectivity index (χ4n) is 3.15. The van der Waals surface area contributed by atoms with Crippen molar-refractivity contribution < 1.29 is 4.79 Å². The van der Waals surface area contributed by atoms with Gasteiger partial charge in [-0.3, -0.25) is 4.79 Å². The second-order valence-electron chi connectivity index (χ2n) is 6.43. The Balaban J connectivity index is 2.04. The van der Waals surface area contributed by atoms with E-state index in [9.17, 15) is 4.79 Å². The van der Waals surface area contributed by atoms with E-state index in [2.05, 4.69) is 31.3 Å². The van der Waals surface area contributed by atoms with Gasteiger partial charge in [-0.05, 0) is 42.9 Å². The highest BCUT2D eigenvalue weighted by molar-refractivity contribution is 5.95. The van der Waals surface area contributed by atoms with E-state index in [1.165, 1.54) is 12.0 Å². The molecular weight excluding hydrogens is 260 g/mol. The van der Waals surface area contributed by atoms with Gasteiger partial charge >= 0.3 is 0 Å². The summed E-state index contributed by atoms with van der Waals surface area (Å²) in [4.78, 5) is 12.6. The van der Waals surface area contributed by atoms with Gasteiger partial charge in [-0.2, -0.15) is 0 Å². The molecule has 1 aliphatic rings. The summed E-state index contributed by atoms with van der Waals surface area (Å²) in [6.07, 6.45) is 6.40. The first-order valence-corrected chi connectivity index (χ1v) is 8.23. The van der Waals surface area contributed by atoms with Gasteiger partial charge in [0.15, 0.2) is 0 Å². The summed E-state index contributed by atoms with van der Waals surface area (Å²) in [6, 6.07) is 8.23. The monoisotopic (exact) mass is 288 g/mol. The van der Waals surface area contributed by atoms with Crippen molar-refractivity contribution in [3.63, 3.8) is 0 Å². The Kier molecular flexibility index (Phi) is 5.40. The maximum Gasteiger partial charge on any atom is 0.231 e. The highest BCUT2D eigenvalue weighted by Crippen LogP contribution is 2.36. The SMILES string of the molecule is CCC(C)c1ccc(NC(=O)C2(CN)CCCCC2)cc1. The Bertz CT molecular complexity index is 461. The van der Waals surface area contributed by atoms with Gasteiger partial charge in [0.25, 0.3) is 0 Å². The van der Waals surface area contributed by atoms with Gasteiger partial charge < -0.3 is 11.1 Å². The molecule has 3 heteroatoms. The van der Waals surface area contributed by atoms with E-state index in [1.54, 1.807) is 0 Å². The second kappa shape index (κ2) is 7.08. The van der Waals surface area contributed by atoms with Crippen LogP contribution in [-0.2, 0) is 4.79 Å². The lowest BCUT2D eigenvalue weighted by atomic mass is 9.73. The van der Waals surface area contributed by atoms with Crippen molar-refractivity contribution in [2.75, 3.05) is 11.9 Å². The lowest BCUT2D eigenvalue weighted by molar-refractivity contribution is -0.126. The minimum Gasteiger partial charge on any atom is -0.329 e. The molecule has 1 atom stereocenters. The molecular formula is C18H28N2O. The number of carbonyl (C=O) groups excluding carboxylic acids is 1. The zero-order valence-electron chi connectivity index (χ0n) is 13.3. The zero-order valence-corrected chi connectivity index (χ0v) is 13.3. The van der Waals surface area contributed by atoms with Crippen LogP contribution in [0.4, 0.5) is 5.69 Å². The Morgan fingerprint density at radius 2 is 1.86 bits per heavy atom. The standard InChI is InChI=1S/C18H28N2O/c1-3-14(2)15-7-9-16(10-8-15)20-17(21)18(13-19)11-5-4-6-12-18/h7-10,14H,3-6,11-13,19H2,1-2H3,(H,20,21). The molecule has 3 N–H and O–H groups in total. The van der Waals surface area contributed by atoms with Crippen LogP contribution in [0.25, 0.3) is 0 Å². The van der Waals surface area contributed by atoms with Gasteiger partial charge in [0.2, 0.25) is 5.91 Å². The van der Waals surface area contributed by atoms with Crippen LogP contribution in [0.15, 0.2) is 24.3 Å². The maximum atomic E-state index is 12.6. The number of carbonyl (C=O) groups is 1. The van der Waals surface area contributed by atoms with Gasteiger partial charge in [-0.25, -0.2) is 0 Å². The fourth-order valence-corrected chi connectivity index (χ4v) is 3.15. The third kappa shape index (κ3) is 3.65. The predicted octanol–water partition coefficient (Wildman–Crippen LogP) is 4.05. The number of amides is 1. The molecule has 3 nitrogen and oxygen atoms in total. The molecule has 1 aromatic carbocycles. The van der Waals surface area contributed by atoms with E-state index in [1.807, 2.05) is 12.1 Å². The minimum atomic E-state index is -0.354. The molecule has 1 unspecified atom stereocenters. The highest BCUT2D eigenvalue weighted by Gasteiger charge is 2.38. The van der Waals surface area contributed by atoms with E-state index in [4.69, 9.17) is 5.73 Å². The molecule has 1 fully saturated rings. The molecule has 1 saturated carbocycles. The van der Waals surface area contributed by atoms with Crippen LogP contribution in [-0.4, -0.2) is 12.5 Å². The Hall–Kier alpha value is -1.35. The molecule has 0 radical (unpaired) electrons. The molecule has 1 amide bonds. The summed E-state index contributed by atoms with van der Waals surface area (Å²) in [6.45, 7) is 4.86. The largest absolute Gasteiger partial charge is 0.329 e. The first-order chi connectivity index (χ1) is 10.1.